The van der Waals surface area contributed by atoms with Crippen LogP contribution in [0, 0.1) is 0 Å². The van der Waals surface area contributed by atoms with E-state index in [0.29, 0.717) is 0 Å². The van der Waals surface area contributed by atoms with E-state index in [0.717, 1.165) is 6.54 Å². The summed E-state index contributed by atoms with van der Waals surface area (Å²) in [7, 11) is 0. The number of hydrogen-bond acceptors (Lipinski definition) is 1. The molecule has 0 unspecified atom stereocenters. The summed E-state index contributed by atoms with van der Waals surface area (Å²) in [6.45, 7) is 8.04. The smallest absolute Gasteiger partial charge is 0.104 e. The highest BCUT2D eigenvalue weighted by molar-refractivity contribution is 9.10. The Bertz CT molecular complexity index is 474. The summed E-state index contributed by atoms with van der Waals surface area (Å²) in [5.41, 5.74) is 1.49. The number of nitrogens with one attached hydrogen (secondary N) is 1. The van der Waals surface area contributed by atoms with Gasteiger partial charge in [-0.15, -0.1) is 11.3 Å². The third-order valence-corrected chi connectivity index (χ3v) is 4.56. The summed E-state index contributed by atoms with van der Waals surface area (Å²) in [4.78, 5) is 1.64. The van der Waals surface area contributed by atoms with Gasteiger partial charge in [-0.05, 0) is 32.0 Å². The summed E-state index contributed by atoms with van der Waals surface area (Å²) in [5.74, 6) is 0. The molecule has 0 bridgehead atoms. The van der Waals surface area contributed by atoms with E-state index in [1.807, 2.05) is 11.3 Å². The molecule has 0 aliphatic rings. The van der Waals surface area contributed by atoms with Crippen molar-refractivity contribution >= 4 is 37.4 Å². The maximum absolute atomic E-state index is 3.55. The minimum atomic E-state index is 1.14. The van der Waals surface area contributed by atoms with Gasteiger partial charge in [-0.25, -0.2) is 0 Å². The molecule has 1 aromatic carbocycles. The third kappa shape index (κ3) is 2.47. The van der Waals surface area contributed by atoms with Crippen LogP contribution in [-0.2, 0) is 6.54 Å². The first-order valence-corrected chi connectivity index (χ1v) is 7.41. The number of quaternary nitrogens is 1. The van der Waals surface area contributed by atoms with Crippen LogP contribution in [0.2, 0.25) is 0 Å². The van der Waals surface area contributed by atoms with Crippen molar-refractivity contribution in [1.82, 2.24) is 0 Å². The molecular weight excluding hydrogens is 282 g/mol. The van der Waals surface area contributed by atoms with Gasteiger partial charge in [-0.3, -0.25) is 0 Å². The summed E-state index contributed by atoms with van der Waals surface area (Å²) < 4.78 is 2.57. The molecule has 0 aliphatic heterocycles. The molecule has 0 saturated heterocycles. The van der Waals surface area contributed by atoms with Crippen molar-refractivity contribution in [1.29, 1.82) is 0 Å². The average molecular weight is 299 g/mol. The van der Waals surface area contributed by atoms with Crippen molar-refractivity contribution in [2.24, 2.45) is 0 Å². The second-order valence-electron chi connectivity index (χ2n) is 4.04. The zero-order valence-electron chi connectivity index (χ0n) is 9.72. The third-order valence-electron chi connectivity index (χ3n) is 3.06. The van der Waals surface area contributed by atoms with Crippen LogP contribution in [0.4, 0.5) is 0 Å². The molecule has 2 aromatic rings. The van der Waals surface area contributed by atoms with E-state index < -0.39 is 0 Å². The van der Waals surface area contributed by atoms with E-state index in [4.69, 9.17) is 0 Å². The van der Waals surface area contributed by atoms with Gasteiger partial charge in [-0.2, -0.15) is 0 Å². The first-order valence-electron chi connectivity index (χ1n) is 5.73. The summed E-state index contributed by atoms with van der Waals surface area (Å²) in [6, 6.07) is 6.56. The Kier molecular flexibility index (Phi) is 4.00. The lowest BCUT2D eigenvalue weighted by molar-refractivity contribution is -0.910. The van der Waals surface area contributed by atoms with Crippen LogP contribution in [0.5, 0.6) is 0 Å². The van der Waals surface area contributed by atoms with Gasteiger partial charge in [0.1, 0.15) is 6.54 Å². The lowest BCUT2D eigenvalue weighted by atomic mass is 10.1. The molecule has 1 aromatic heterocycles. The van der Waals surface area contributed by atoms with E-state index in [9.17, 15) is 0 Å². The maximum Gasteiger partial charge on any atom is 0.104 e. The highest BCUT2D eigenvalue weighted by atomic mass is 79.9. The first kappa shape index (κ1) is 12.1. The molecule has 0 atom stereocenters. The van der Waals surface area contributed by atoms with Gasteiger partial charge in [0.25, 0.3) is 0 Å². The number of hydrogen-bond donors (Lipinski definition) is 1. The monoisotopic (exact) mass is 298 g/mol. The Morgan fingerprint density at radius 3 is 2.69 bits per heavy atom. The van der Waals surface area contributed by atoms with Crippen LogP contribution >= 0.6 is 27.3 Å². The highest BCUT2D eigenvalue weighted by Crippen LogP contribution is 2.28. The average Bonchev–Trinajstić information content (AvgIpc) is 2.68. The largest absolute Gasteiger partial charge is 0.332 e. The number of halogens is 1. The van der Waals surface area contributed by atoms with Gasteiger partial charge in [0.2, 0.25) is 0 Å². The maximum atomic E-state index is 3.55. The molecule has 0 fully saturated rings. The highest BCUT2D eigenvalue weighted by Gasteiger charge is 2.10. The van der Waals surface area contributed by atoms with Crippen molar-refractivity contribution in [3.05, 3.63) is 33.6 Å². The predicted octanol–water partition coefficient (Wildman–Crippen LogP) is 3.09. The van der Waals surface area contributed by atoms with Crippen LogP contribution in [0.1, 0.15) is 19.4 Å². The SMILES string of the molecule is CC[NH+](CC)Cc1csc2ccc(Br)cc12. The molecule has 3 heteroatoms. The minimum absolute atomic E-state index is 1.14. The lowest BCUT2D eigenvalue weighted by Crippen LogP contribution is -3.10. The fourth-order valence-electron chi connectivity index (χ4n) is 1.96. The minimum Gasteiger partial charge on any atom is -0.332 e. The molecule has 0 aliphatic carbocycles. The lowest BCUT2D eigenvalue weighted by Gasteiger charge is -2.14. The van der Waals surface area contributed by atoms with Crippen LogP contribution in [0.3, 0.4) is 0 Å². The van der Waals surface area contributed by atoms with Gasteiger partial charge >= 0.3 is 0 Å². The molecule has 86 valence electrons. The number of thiophene rings is 1. The van der Waals surface area contributed by atoms with Crippen LogP contribution in [-0.4, -0.2) is 13.1 Å². The topological polar surface area (TPSA) is 4.44 Å². The summed E-state index contributed by atoms with van der Waals surface area (Å²) in [6.07, 6.45) is 0. The van der Waals surface area contributed by atoms with E-state index >= 15 is 0 Å². The van der Waals surface area contributed by atoms with E-state index in [1.54, 1.807) is 4.90 Å². The van der Waals surface area contributed by atoms with E-state index in [2.05, 4.69) is 53.4 Å². The van der Waals surface area contributed by atoms with Gasteiger partial charge < -0.3 is 4.90 Å². The molecule has 1 nitrogen and oxygen atoms in total. The van der Waals surface area contributed by atoms with Crippen molar-refractivity contribution in [3.8, 4) is 0 Å². The molecule has 2 rings (SSSR count). The summed E-state index contributed by atoms with van der Waals surface area (Å²) >= 11 is 5.40. The van der Waals surface area contributed by atoms with Gasteiger partial charge in [0.15, 0.2) is 0 Å². The number of fused-ring (bicyclic) bond motifs is 1. The second kappa shape index (κ2) is 5.30. The number of benzene rings is 1. The van der Waals surface area contributed by atoms with Crippen LogP contribution in [0.15, 0.2) is 28.1 Å². The Hall–Kier alpha value is -0.380. The molecule has 0 spiro atoms. The van der Waals surface area contributed by atoms with Crippen LogP contribution < -0.4 is 4.90 Å². The fourth-order valence-corrected chi connectivity index (χ4v) is 3.26. The fraction of sp³-hybridized carbons (Fsp3) is 0.385. The van der Waals surface area contributed by atoms with Crippen molar-refractivity contribution in [3.63, 3.8) is 0 Å². The van der Waals surface area contributed by atoms with Gasteiger partial charge in [-0.1, -0.05) is 15.9 Å². The Morgan fingerprint density at radius 1 is 1.25 bits per heavy atom. The zero-order valence-corrected chi connectivity index (χ0v) is 12.1. The Balaban J connectivity index is 2.33. The van der Waals surface area contributed by atoms with Crippen molar-refractivity contribution in [2.75, 3.05) is 13.1 Å². The molecule has 0 saturated carbocycles. The van der Waals surface area contributed by atoms with E-state index in [-0.39, 0.29) is 0 Å². The Morgan fingerprint density at radius 2 is 2.00 bits per heavy atom. The molecule has 1 N–H and O–H groups in total. The van der Waals surface area contributed by atoms with E-state index in [1.165, 1.54) is 33.2 Å². The van der Waals surface area contributed by atoms with Crippen molar-refractivity contribution in [2.45, 2.75) is 20.4 Å². The first-order chi connectivity index (χ1) is 7.74. The molecular formula is C13H17BrNS+. The quantitative estimate of drug-likeness (QED) is 0.885. The van der Waals surface area contributed by atoms with Crippen LogP contribution in [0.25, 0.3) is 10.1 Å². The molecule has 0 radical (unpaired) electrons. The van der Waals surface area contributed by atoms with Gasteiger partial charge in [0, 0.05) is 25.5 Å². The Labute approximate surface area is 109 Å². The number of rotatable bonds is 4. The normalized spacial score (nSPS) is 11.5. The predicted molar refractivity (Wildman–Crippen MR) is 75.3 cm³/mol. The standard InChI is InChI=1S/C13H16BrNS/c1-3-15(4-2)8-10-9-16-13-6-5-11(14)7-12(10)13/h5-7,9H,3-4,8H2,1-2H3/p+1. The molecule has 0 amide bonds. The second-order valence-corrected chi connectivity index (χ2v) is 5.86. The zero-order chi connectivity index (χ0) is 11.5. The summed E-state index contributed by atoms with van der Waals surface area (Å²) in [5, 5.41) is 3.72. The van der Waals surface area contributed by atoms with Gasteiger partial charge in [0.05, 0.1) is 13.1 Å². The van der Waals surface area contributed by atoms with Crippen molar-refractivity contribution < 1.29 is 4.90 Å². The molecule has 1 heterocycles. The molecule has 16 heavy (non-hydrogen) atoms.